The second-order valence-corrected chi connectivity index (χ2v) is 5.15. The number of carbonyl (C=O) groups excluding carboxylic acids is 1. The highest BCUT2D eigenvalue weighted by Crippen LogP contribution is 2.27. The Balaban J connectivity index is 1.98. The van der Waals surface area contributed by atoms with Crippen molar-refractivity contribution in [1.82, 2.24) is 4.98 Å². The van der Waals surface area contributed by atoms with Crippen LogP contribution in [0.15, 0.2) is 54.7 Å². The van der Waals surface area contributed by atoms with Crippen LogP contribution in [0.4, 0.5) is 11.4 Å². The smallest absolute Gasteiger partial charge is 0.337 e. The van der Waals surface area contributed by atoms with Crippen LogP contribution < -0.4 is 5.32 Å². The molecule has 22 heavy (non-hydrogen) atoms. The first-order chi connectivity index (χ1) is 10.7. The Morgan fingerprint density at radius 2 is 2.05 bits per heavy atom. The van der Waals surface area contributed by atoms with Crippen molar-refractivity contribution in [2.45, 2.75) is 0 Å². The summed E-state index contributed by atoms with van der Waals surface area (Å²) in [4.78, 5) is 15.9. The van der Waals surface area contributed by atoms with E-state index in [1.807, 2.05) is 30.3 Å². The molecule has 0 saturated carbocycles. The maximum atomic E-state index is 11.6. The standard InChI is InChI=1S/C17H13ClN2O2/c1-22-17(21)11-3-2-4-13(9-11)20-15-7-8-19-16-10-12(18)5-6-14(15)16/h2-10H,1H3,(H,19,20). The number of pyridine rings is 1. The number of esters is 1. The SMILES string of the molecule is COC(=O)c1cccc(Nc2ccnc3cc(Cl)ccc23)c1. The lowest BCUT2D eigenvalue weighted by molar-refractivity contribution is 0.0601. The molecule has 0 atom stereocenters. The van der Waals surface area contributed by atoms with Crippen LogP contribution in [0, 0.1) is 0 Å². The van der Waals surface area contributed by atoms with E-state index in [9.17, 15) is 4.79 Å². The molecular weight excluding hydrogens is 300 g/mol. The van der Waals surface area contributed by atoms with Crippen molar-refractivity contribution in [3.05, 3.63) is 65.3 Å². The minimum atomic E-state index is -0.366. The monoisotopic (exact) mass is 312 g/mol. The van der Waals surface area contributed by atoms with Gasteiger partial charge in [0.2, 0.25) is 0 Å². The molecule has 3 aromatic rings. The van der Waals surface area contributed by atoms with Gasteiger partial charge < -0.3 is 10.1 Å². The normalized spacial score (nSPS) is 10.5. The van der Waals surface area contributed by atoms with E-state index in [0.29, 0.717) is 10.6 Å². The van der Waals surface area contributed by atoms with Crippen molar-refractivity contribution < 1.29 is 9.53 Å². The lowest BCUT2D eigenvalue weighted by atomic mass is 10.1. The summed E-state index contributed by atoms with van der Waals surface area (Å²) < 4.78 is 4.73. The molecule has 4 nitrogen and oxygen atoms in total. The number of halogens is 1. The zero-order valence-corrected chi connectivity index (χ0v) is 12.6. The van der Waals surface area contributed by atoms with Crippen LogP contribution in [0.25, 0.3) is 10.9 Å². The summed E-state index contributed by atoms with van der Waals surface area (Å²) in [5.74, 6) is -0.366. The minimum absolute atomic E-state index is 0.366. The number of hydrogen-bond acceptors (Lipinski definition) is 4. The van der Waals surface area contributed by atoms with Gasteiger partial charge in [0.1, 0.15) is 0 Å². The van der Waals surface area contributed by atoms with E-state index in [4.69, 9.17) is 16.3 Å². The van der Waals surface area contributed by atoms with Crippen LogP contribution in [-0.4, -0.2) is 18.1 Å². The molecule has 1 heterocycles. The maximum absolute atomic E-state index is 11.6. The van der Waals surface area contributed by atoms with Crippen molar-refractivity contribution in [2.24, 2.45) is 0 Å². The van der Waals surface area contributed by atoms with Crippen molar-refractivity contribution >= 4 is 39.8 Å². The number of methoxy groups -OCH3 is 1. The van der Waals surface area contributed by atoms with E-state index in [1.165, 1.54) is 7.11 Å². The molecule has 0 radical (unpaired) electrons. The molecule has 110 valence electrons. The van der Waals surface area contributed by atoms with Gasteiger partial charge in [0.05, 0.1) is 18.2 Å². The Morgan fingerprint density at radius 3 is 2.86 bits per heavy atom. The van der Waals surface area contributed by atoms with Crippen molar-refractivity contribution in [1.29, 1.82) is 0 Å². The minimum Gasteiger partial charge on any atom is -0.465 e. The number of aromatic nitrogens is 1. The fraction of sp³-hybridized carbons (Fsp3) is 0.0588. The van der Waals surface area contributed by atoms with Gasteiger partial charge >= 0.3 is 5.97 Å². The number of rotatable bonds is 3. The first-order valence-electron chi connectivity index (χ1n) is 6.67. The number of fused-ring (bicyclic) bond motifs is 1. The average molecular weight is 313 g/mol. The van der Waals surface area contributed by atoms with E-state index in [-0.39, 0.29) is 5.97 Å². The average Bonchev–Trinajstić information content (AvgIpc) is 2.54. The van der Waals surface area contributed by atoms with Crippen LogP contribution in [-0.2, 0) is 4.74 Å². The van der Waals surface area contributed by atoms with Gasteiger partial charge in [-0.25, -0.2) is 4.79 Å². The second-order valence-electron chi connectivity index (χ2n) is 4.72. The van der Waals surface area contributed by atoms with Crippen LogP contribution in [0.3, 0.4) is 0 Å². The molecule has 0 fully saturated rings. The Kier molecular flexibility index (Phi) is 3.94. The van der Waals surface area contributed by atoms with Crippen LogP contribution >= 0.6 is 11.6 Å². The fourth-order valence-corrected chi connectivity index (χ4v) is 2.39. The molecule has 0 bridgehead atoms. The van der Waals surface area contributed by atoms with Gasteiger partial charge in [-0.1, -0.05) is 17.7 Å². The summed E-state index contributed by atoms with van der Waals surface area (Å²) in [5, 5.41) is 4.89. The zero-order chi connectivity index (χ0) is 15.5. The molecule has 0 saturated heterocycles. The van der Waals surface area contributed by atoms with Crippen LogP contribution in [0.5, 0.6) is 0 Å². The lowest BCUT2D eigenvalue weighted by Crippen LogP contribution is -2.01. The highest BCUT2D eigenvalue weighted by atomic mass is 35.5. The third-order valence-electron chi connectivity index (χ3n) is 3.27. The second kappa shape index (κ2) is 6.03. The molecular formula is C17H13ClN2O2. The first kappa shape index (κ1) is 14.4. The van der Waals surface area contributed by atoms with E-state index < -0.39 is 0 Å². The predicted octanol–water partition coefficient (Wildman–Crippen LogP) is 4.42. The largest absolute Gasteiger partial charge is 0.465 e. The molecule has 3 rings (SSSR count). The first-order valence-corrected chi connectivity index (χ1v) is 7.05. The Bertz CT molecular complexity index is 849. The van der Waals surface area contributed by atoms with Gasteiger partial charge in [-0.15, -0.1) is 0 Å². The lowest BCUT2D eigenvalue weighted by Gasteiger charge is -2.10. The summed E-state index contributed by atoms with van der Waals surface area (Å²) in [7, 11) is 1.36. The van der Waals surface area contributed by atoms with Crippen LogP contribution in [0.1, 0.15) is 10.4 Å². The summed E-state index contributed by atoms with van der Waals surface area (Å²) in [6, 6.07) is 14.6. The molecule has 0 aliphatic rings. The van der Waals surface area contributed by atoms with Crippen molar-refractivity contribution in [3.8, 4) is 0 Å². The van der Waals surface area contributed by atoms with Gasteiger partial charge in [-0.05, 0) is 42.5 Å². The predicted molar refractivity (Wildman–Crippen MR) is 87.8 cm³/mol. The maximum Gasteiger partial charge on any atom is 0.337 e. The molecule has 0 amide bonds. The van der Waals surface area contributed by atoms with Gasteiger partial charge in [0, 0.05) is 28.0 Å². The topological polar surface area (TPSA) is 51.2 Å². The third-order valence-corrected chi connectivity index (χ3v) is 3.50. The van der Waals surface area contributed by atoms with E-state index >= 15 is 0 Å². The Morgan fingerprint density at radius 1 is 1.18 bits per heavy atom. The molecule has 1 N–H and O–H groups in total. The number of nitrogens with one attached hydrogen (secondary N) is 1. The van der Waals surface area contributed by atoms with E-state index in [2.05, 4.69) is 10.3 Å². The van der Waals surface area contributed by atoms with Crippen molar-refractivity contribution in [2.75, 3.05) is 12.4 Å². The van der Waals surface area contributed by atoms with Crippen LogP contribution in [0.2, 0.25) is 5.02 Å². The number of anilines is 2. The quantitative estimate of drug-likeness (QED) is 0.727. The molecule has 0 spiro atoms. The Labute approximate surface area is 132 Å². The van der Waals surface area contributed by atoms with Gasteiger partial charge in [-0.2, -0.15) is 0 Å². The number of hydrogen-bond donors (Lipinski definition) is 1. The Hall–Kier alpha value is -2.59. The van der Waals surface area contributed by atoms with E-state index in [1.54, 1.807) is 24.4 Å². The van der Waals surface area contributed by atoms with Gasteiger partial charge in [0.25, 0.3) is 0 Å². The summed E-state index contributed by atoms with van der Waals surface area (Å²) in [5.41, 5.74) is 2.99. The summed E-state index contributed by atoms with van der Waals surface area (Å²) in [6.07, 6.45) is 1.71. The number of ether oxygens (including phenoxy) is 1. The zero-order valence-electron chi connectivity index (χ0n) is 11.8. The highest BCUT2D eigenvalue weighted by molar-refractivity contribution is 6.31. The van der Waals surface area contributed by atoms with Gasteiger partial charge in [-0.3, -0.25) is 4.98 Å². The molecule has 1 aromatic heterocycles. The molecule has 2 aromatic carbocycles. The molecule has 5 heteroatoms. The summed E-state index contributed by atoms with van der Waals surface area (Å²) >= 11 is 5.99. The molecule has 0 unspecified atom stereocenters. The number of benzene rings is 2. The number of carbonyl (C=O) groups is 1. The molecule has 0 aliphatic carbocycles. The van der Waals surface area contributed by atoms with E-state index in [0.717, 1.165) is 22.3 Å². The fourth-order valence-electron chi connectivity index (χ4n) is 2.23. The highest BCUT2D eigenvalue weighted by Gasteiger charge is 2.07. The third kappa shape index (κ3) is 2.87. The number of nitrogens with zero attached hydrogens (tertiary/aromatic N) is 1. The van der Waals surface area contributed by atoms with Crippen molar-refractivity contribution in [3.63, 3.8) is 0 Å². The van der Waals surface area contributed by atoms with Gasteiger partial charge in [0.15, 0.2) is 0 Å². The molecule has 0 aliphatic heterocycles. The summed E-state index contributed by atoms with van der Waals surface area (Å²) in [6.45, 7) is 0.